The Morgan fingerprint density at radius 2 is 1.96 bits per heavy atom. The Labute approximate surface area is 164 Å². The van der Waals surface area contributed by atoms with Crippen LogP contribution in [0.15, 0.2) is 24.3 Å². The molecule has 2 heterocycles. The lowest BCUT2D eigenvalue weighted by Crippen LogP contribution is -2.31. The molecule has 2 N–H and O–H groups in total. The Morgan fingerprint density at radius 1 is 1.18 bits per heavy atom. The maximum atomic E-state index is 13.7. The van der Waals surface area contributed by atoms with Gasteiger partial charge in [0.25, 0.3) is 5.91 Å². The molecule has 1 aliphatic heterocycles. The molecule has 7 nitrogen and oxygen atoms in total. The highest BCUT2D eigenvalue weighted by atomic mass is 19.1. The first-order valence-electron chi connectivity index (χ1n) is 9.53. The molecular formula is C20H26FN5O2. The van der Waals surface area contributed by atoms with Crippen molar-refractivity contribution in [3.63, 3.8) is 0 Å². The summed E-state index contributed by atoms with van der Waals surface area (Å²) in [5.74, 6) is 0.686. The van der Waals surface area contributed by atoms with Gasteiger partial charge in [-0.25, -0.2) is 9.37 Å². The van der Waals surface area contributed by atoms with Crippen molar-refractivity contribution < 1.29 is 13.9 Å². The molecule has 8 heteroatoms. The van der Waals surface area contributed by atoms with Crippen molar-refractivity contribution in [2.75, 3.05) is 43.5 Å². The van der Waals surface area contributed by atoms with Crippen LogP contribution in [0.3, 0.4) is 0 Å². The molecule has 0 saturated carbocycles. The van der Waals surface area contributed by atoms with Gasteiger partial charge in [0.2, 0.25) is 5.95 Å². The molecular weight excluding hydrogens is 361 g/mol. The summed E-state index contributed by atoms with van der Waals surface area (Å²) < 4.78 is 18.6. The SMILES string of the molecule is COc1ccc(C(=O)NCCNc2nc(C)cc(N3CCCCC3)n2)cc1F. The van der Waals surface area contributed by atoms with Crippen LogP contribution in [0.4, 0.5) is 16.2 Å². The third-order valence-corrected chi connectivity index (χ3v) is 4.63. The van der Waals surface area contributed by atoms with Crippen LogP contribution in [0.25, 0.3) is 0 Å². The van der Waals surface area contributed by atoms with Crippen LogP contribution in [0, 0.1) is 12.7 Å². The summed E-state index contributed by atoms with van der Waals surface area (Å²) >= 11 is 0. The number of aromatic nitrogens is 2. The second-order valence-electron chi connectivity index (χ2n) is 6.77. The van der Waals surface area contributed by atoms with E-state index >= 15 is 0 Å². The largest absolute Gasteiger partial charge is 0.494 e. The summed E-state index contributed by atoms with van der Waals surface area (Å²) in [4.78, 5) is 23.4. The first kappa shape index (κ1) is 19.9. The molecule has 1 fully saturated rings. The number of anilines is 2. The van der Waals surface area contributed by atoms with Gasteiger partial charge in [-0.15, -0.1) is 0 Å². The molecule has 1 aromatic carbocycles. The van der Waals surface area contributed by atoms with E-state index < -0.39 is 5.82 Å². The number of ether oxygens (including phenoxy) is 1. The van der Waals surface area contributed by atoms with Gasteiger partial charge in [0.05, 0.1) is 7.11 Å². The van der Waals surface area contributed by atoms with E-state index in [0.717, 1.165) is 30.7 Å². The number of methoxy groups -OCH3 is 1. The summed E-state index contributed by atoms with van der Waals surface area (Å²) in [5.41, 5.74) is 1.15. The molecule has 0 atom stereocenters. The molecule has 0 unspecified atom stereocenters. The minimum Gasteiger partial charge on any atom is -0.494 e. The van der Waals surface area contributed by atoms with Crippen molar-refractivity contribution in [3.05, 3.63) is 41.3 Å². The van der Waals surface area contributed by atoms with Gasteiger partial charge in [-0.2, -0.15) is 4.98 Å². The van der Waals surface area contributed by atoms with Crippen LogP contribution >= 0.6 is 0 Å². The number of nitrogens with zero attached hydrogens (tertiary/aromatic N) is 3. The Hall–Kier alpha value is -2.90. The standard InChI is InChI=1S/C20H26FN5O2/c1-14-12-18(26-10-4-3-5-11-26)25-20(24-14)23-9-8-22-19(27)15-6-7-17(28-2)16(21)13-15/h6-7,12-13H,3-5,8-11H2,1-2H3,(H,22,27)(H,23,24,25). The van der Waals surface area contributed by atoms with Crippen molar-refractivity contribution in [2.45, 2.75) is 26.2 Å². The van der Waals surface area contributed by atoms with Gasteiger partial charge in [-0.05, 0) is 44.4 Å². The lowest BCUT2D eigenvalue weighted by molar-refractivity contribution is 0.0954. The van der Waals surface area contributed by atoms with E-state index in [4.69, 9.17) is 4.74 Å². The molecule has 3 rings (SSSR count). The molecule has 0 bridgehead atoms. The van der Waals surface area contributed by atoms with Crippen LogP contribution in [-0.4, -0.2) is 49.2 Å². The predicted molar refractivity (Wildman–Crippen MR) is 107 cm³/mol. The van der Waals surface area contributed by atoms with Crippen LogP contribution in [0.5, 0.6) is 5.75 Å². The minimum absolute atomic E-state index is 0.110. The zero-order chi connectivity index (χ0) is 19.9. The van der Waals surface area contributed by atoms with E-state index in [-0.39, 0.29) is 17.2 Å². The number of amides is 1. The normalized spacial score (nSPS) is 13.9. The van der Waals surface area contributed by atoms with Crippen molar-refractivity contribution in [1.29, 1.82) is 0 Å². The highest BCUT2D eigenvalue weighted by Gasteiger charge is 2.14. The highest BCUT2D eigenvalue weighted by Crippen LogP contribution is 2.20. The lowest BCUT2D eigenvalue weighted by Gasteiger charge is -2.28. The highest BCUT2D eigenvalue weighted by molar-refractivity contribution is 5.94. The first-order chi connectivity index (χ1) is 13.6. The van der Waals surface area contributed by atoms with Crippen LogP contribution in [0.2, 0.25) is 0 Å². The Morgan fingerprint density at radius 3 is 2.68 bits per heavy atom. The van der Waals surface area contributed by atoms with Gasteiger partial charge in [0.15, 0.2) is 11.6 Å². The fraction of sp³-hybridized carbons (Fsp3) is 0.450. The maximum Gasteiger partial charge on any atom is 0.251 e. The number of hydrogen-bond donors (Lipinski definition) is 2. The third kappa shape index (κ3) is 5.09. The van der Waals surface area contributed by atoms with E-state index in [1.165, 1.54) is 38.5 Å². The van der Waals surface area contributed by atoms with Crippen molar-refractivity contribution in [1.82, 2.24) is 15.3 Å². The number of halogens is 1. The fourth-order valence-corrected chi connectivity index (χ4v) is 3.18. The Bertz CT molecular complexity index is 824. The van der Waals surface area contributed by atoms with E-state index in [1.54, 1.807) is 0 Å². The summed E-state index contributed by atoms with van der Waals surface area (Å²) in [5, 5.41) is 5.90. The second kappa shape index (κ2) is 9.34. The average molecular weight is 387 g/mol. The number of nitrogens with one attached hydrogen (secondary N) is 2. The Balaban J connectivity index is 1.51. The summed E-state index contributed by atoms with van der Waals surface area (Å²) in [7, 11) is 1.38. The number of carbonyl (C=O) groups is 1. The van der Waals surface area contributed by atoms with Crippen molar-refractivity contribution >= 4 is 17.7 Å². The summed E-state index contributed by atoms with van der Waals surface area (Å²) in [6, 6.07) is 6.12. The zero-order valence-electron chi connectivity index (χ0n) is 16.3. The third-order valence-electron chi connectivity index (χ3n) is 4.63. The second-order valence-corrected chi connectivity index (χ2v) is 6.77. The van der Waals surface area contributed by atoms with E-state index in [2.05, 4.69) is 25.5 Å². The zero-order valence-corrected chi connectivity index (χ0v) is 16.3. The molecule has 0 aliphatic carbocycles. The Kier molecular flexibility index (Phi) is 6.62. The van der Waals surface area contributed by atoms with Gasteiger partial charge < -0.3 is 20.3 Å². The maximum absolute atomic E-state index is 13.7. The topological polar surface area (TPSA) is 79.4 Å². The summed E-state index contributed by atoms with van der Waals surface area (Å²) in [6.45, 7) is 4.81. The lowest BCUT2D eigenvalue weighted by atomic mass is 10.1. The smallest absolute Gasteiger partial charge is 0.251 e. The number of aryl methyl sites for hydroxylation is 1. The quantitative estimate of drug-likeness (QED) is 0.712. The van der Waals surface area contributed by atoms with Gasteiger partial charge in [-0.3, -0.25) is 4.79 Å². The van der Waals surface area contributed by atoms with Gasteiger partial charge in [-0.1, -0.05) is 0 Å². The number of piperidine rings is 1. The van der Waals surface area contributed by atoms with Gasteiger partial charge in [0, 0.05) is 43.5 Å². The molecule has 1 aromatic heterocycles. The van der Waals surface area contributed by atoms with Crippen LogP contribution in [0.1, 0.15) is 35.3 Å². The number of hydrogen-bond acceptors (Lipinski definition) is 6. The number of carbonyl (C=O) groups excluding carboxylic acids is 1. The minimum atomic E-state index is -0.563. The van der Waals surface area contributed by atoms with Crippen molar-refractivity contribution in [2.24, 2.45) is 0 Å². The molecule has 1 amide bonds. The molecule has 150 valence electrons. The van der Waals surface area contributed by atoms with E-state index in [0.29, 0.717) is 19.0 Å². The fourth-order valence-electron chi connectivity index (χ4n) is 3.18. The molecule has 28 heavy (non-hydrogen) atoms. The molecule has 1 aliphatic rings. The monoisotopic (exact) mass is 387 g/mol. The molecule has 1 saturated heterocycles. The molecule has 0 radical (unpaired) electrons. The first-order valence-corrected chi connectivity index (χ1v) is 9.53. The average Bonchev–Trinajstić information content (AvgIpc) is 2.71. The summed E-state index contributed by atoms with van der Waals surface area (Å²) in [6.07, 6.45) is 3.64. The number of benzene rings is 1. The van der Waals surface area contributed by atoms with Crippen LogP contribution < -0.4 is 20.3 Å². The van der Waals surface area contributed by atoms with Crippen LogP contribution in [-0.2, 0) is 0 Å². The molecule has 0 spiro atoms. The van der Waals surface area contributed by atoms with E-state index in [9.17, 15) is 9.18 Å². The van der Waals surface area contributed by atoms with E-state index in [1.807, 2.05) is 13.0 Å². The van der Waals surface area contributed by atoms with Gasteiger partial charge in [0.1, 0.15) is 5.82 Å². The van der Waals surface area contributed by atoms with Crippen molar-refractivity contribution in [3.8, 4) is 5.75 Å². The predicted octanol–water partition coefficient (Wildman–Crippen LogP) is 2.76. The molecule has 2 aromatic rings. The van der Waals surface area contributed by atoms with Gasteiger partial charge >= 0.3 is 0 Å². The number of rotatable bonds is 7.